The second-order valence-corrected chi connectivity index (χ2v) is 7.84. The number of rotatable bonds is 6. The normalized spacial score (nSPS) is 22.7. The van der Waals surface area contributed by atoms with Gasteiger partial charge in [-0.1, -0.05) is 12.8 Å². The van der Waals surface area contributed by atoms with Gasteiger partial charge in [0.2, 0.25) is 0 Å². The molecule has 0 spiro atoms. The molecule has 2 fully saturated rings. The van der Waals surface area contributed by atoms with Gasteiger partial charge in [-0.2, -0.15) is 5.10 Å². The highest BCUT2D eigenvalue weighted by Gasteiger charge is 2.27. The molecule has 4 heteroatoms. The van der Waals surface area contributed by atoms with Crippen molar-refractivity contribution in [2.45, 2.75) is 77.9 Å². The molecule has 1 aliphatic heterocycles. The molecule has 1 atom stereocenters. The number of aromatic nitrogens is 2. The Morgan fingerprint density at radius 3 is 2.48 bits per heavy atom. The van der Waals surface area contributed by atoms with E-state index in [0.717, 1.165) is 24.2 Å². The maximum Gasteiger partial charge on any atom is 0.0596 e. The molecule has 1 unspecified atom stereocenters. The van der Waals surface area contributed by atoms with Gasteiger partial charge in [-0.15, -0.1) is 0 Å². The summed E-state index contributed by atoms with van der Waals surface area (Å²) in [4.78, 5) is 2.77. The Kier molecular flexibility index (Phi) is 5.76. The quantitative estimate of drug-likeness (QED) is 0.875. The molecule has 2 heterocycles. The van der Waals surface area contributed by atoms with Crippen molar-refractivity contribution in [3.05, 3.63) is 17.5 Å². The predicted molar refractivity (Wildman–Crippen MR) is 95.7 cm³/mol. The van der Waals surface area contributed by atoms with Gasteiger partial charge < -0.3 is 10.2 Å². The van der Waals surface area contributed by atoms with E-state index < -0.39 is 0 Å². The van der Waals surface area contributed by atoms with Crippen LogP contribution in [0, 0.1) is 19.8 Å². The molecule has 1 aromatic heterocycles. The highest BCUT2D eigenvalue weighted by Crippen LogP contribution is 2.27. The number of aryl methyl sites for hydroxylation is 2. The maximum atomic E-state index is 4.57. The van der Waals surface area contributed by atoms with Gasteiger partial charge in [0, 0.05) is 17.8 Å². The molecule has 1 saturated carbocycles. The monoisotopic (exact) mass is 318 g/mol. The van der Waals surface area contributed by atoms with Crippen LogP contribution in [0.5, 0.6) is 0 Å². The van der Waals surface area contributed by atoms with E-state index >= 15 is 0 Å². The van der Waals surface area contributed by atoms with Crippen LogP contribution in [-0.4, -0.2) is 46.4 Å². The molecule has 0 aromatic carbocycles. The molecule has 0 radical (unpaired) electrons. The van der Waals surface area contributed by atoms with Crippen LogP contribution < -0.4 is 5.32 Å². The first-order chi connectivity index (χ1) is 11.1. The third-order valence-electron chi connectivity index (χ3n) is 5.80. The Morgan fingerprint density at radius 2 is 1.87 bits per heavy atom. The fraction of sp³-hybridized carbons (Fsp3) is 0.842. The van der Waals surface area contributed by atoms with Crippen LogP contribution >= 0.6 is 0 Å². The Hall–Kier alpha value is -0.870. The molecular weight excluding hydrogens is 284 g/mol. The number of hydrogen-bond donors (Lipinski definition) is 1. The summed E-state index contributed by atoms with van der Waals surface area (Å²) in [6.07, 6.45) is 8.55. The van der Waals surface area contributed by atoms with Gasteiger partial charge in [0.1, 0.15) is 0 Å². The summed E-state index contributed by atoms with van der Waals surface area (Å²) in [5, 5.41) is 8.31. The average Bonchev–Trinajstić information content (AvgIpc) is 3.16. The standard InChI is InChI=1S/C19H34N4/c1-15-12-17(3)23(21-15)14-16(2)20-13-18-8-10-22(11-9-18)19-6-4-5-7-19/h12,16,18-20H,4-11,13-14H2,1-3H3. The lowest BCUT2D eigenvalue weighted by molar-refractivity contribution is 0.132. The molecule has 0 bridgehead atoms. The van der Waals surface area contributed by atoms with E-state index in [9.17, 15) is 0 Å². The van der Waals surface area contributed by atoms with Gasteiger partial charge in [0.05, 0.1) is 12.2 Å². The second kappa shape index (κ2) is 7.80. The highest BCUT2D eigenvalue weighted by atomic mass is 15.3. The summed E-state index contributed by atoms with van der Waals surface area (Å²) in [6, 6.07) is 3.56. The zero-order valence-electron chi connectivity index (χ0n) is 15.2. The minimum absolute atomic E-state index is 0.487. The topological polar surface area (TPSA) is 33.1 Å². The Balaban J connectivity index is 1.36. The number of nitrogens with one attached hydrogen (secondary N) is 1. The average molecular weight is 319 g/mol. The fourth-order valence-electron chi connectivity index (χ4n) is 4.34. The van der Waals surface area contributed by atoms with E-state index in [1.54, 1.807) is 0 Å². The van der Waals surface area contributed by atoms with Gasteiger partial charge in [-0.3, -0.25) is 4.68 Å². The molecule has 1 aliphatic carbocycles. The van der Waals surface area contributed by atoms with Crippen molar-refractivity contribution in [1.82, 2.24) is 20.0 Å². The summed E-state index contributed by atoms with van der Waals surface area (Å²) in [5.41, 5.74) is 2.38. The van der Waals surface area contributed by atoms with Crippen LogP contribution in [0.4, 0.5) is 0 Å². The van der Waals surface area contributed by atoms with Crippen LogP contribution in [0.15, 0.2) is 6.07 Å². The minimum Gasteiger partial charge on any atom is -0.312 e. The van der Waals surface area contributed by atoms with Crippen LogP contribution in [0.3, 0.4) is 0 Å². The number of hydrogen-bond acceptors (Lipinski definition) is 3. The van der Waals surface area contributed by atoms with Crippen molar-refractivity contribution in [2.24, 2.45) is 5.92 Å². The summed E-state index contributed by atoms with van der Waals surface area (Å²) < 4.78 is 2.13. The van der Waals surface area contributed by atoms with Crippen LogP contribution in [-0.2, 0) is 6.54 Å². The third kappa shape index (κ3) is 4.57. The van der Waals surface area contributed by atoms with Crippen molar-refractivity contribution in [3.63, 3.8) is 0 Å². The first-order valence-electron chi connectivity index (χ1n) is 9.60. The molecule has 1 aromatic rings. The Bertz CT molecular complexity index is 482. The van der Waals surface area contributed by atoms with Gasteiger partial charge in [-0.25, -0.2) is 0 Å². The predicted octanol–water partition coefficient (Wildman–Crippen LogP) is 3.13. The van der Waals surface area contributed by atoms with Gasteiger partial charge in [-0.05, 0) is 78.1 Å². The SMILES string of the molecule is Cc1cc(C)n(CC(C)NCC2CCN(C3CCCC3)CC2)n1. The first-order valence-corrected chi connectivity index (χ1v) is 9.60. The largest absolute Gasteiger partial charge is 0.312 e. The Labute approximate surface area is 141 Å². The maximum absolute atomic E-state index is 4.57. The summed E-state index contributed by atoms with van der Waals surface area (Å²) in [6.45, 7) is 11.3. The van der Waals surface area contributed by atoms with E-state index in [1.807, 2.05) is 0 Å². The fourth-order valence-corrected chi connectivity index (χ4v) is 4.34. The zero-order valence-corrected chi connectivity index (χ0v) is 15.2. The van der Waals surface area contributed by atoms with Crippen molar-refractivity contribution in [3.8, 4) is 0 Å². The number of nitrogens with zero attached hydrogens (tertiary/aromatic N) is 3. The number of piperidine rings is 1. The van der Waals surface area contributed by atoms with Gasteiger partial charge in [0.15, 0.2) is 0 Å². The molecule has 1 saturated heterocycles. The lowest BCUT2D eigenvalue weighted by Crippen LogP contribution is -2.43. The third-order valence-corrected chi connectivity index (χ3v) is 5.80. The van der Waals surface area contributed by atoms with Crippen LogP contribution in [0.25, 0.3) is 0 Å². The molecule has 23 heavy (non-hydrogen) atoms. The minimum atomic E-state index is 0.487. The Morgan fingerprint density at radius 1 is 1.17 bits per heavy atom. The van der Waals surface area contributed by atoms with Crippen molar-refractivity contribution in [1.29, 1.82) is 0 Å². The lowest BCUT2D eigenvalue weighted by atomic mass is 9.95. The molecule has 1 N–H and O–H groups in total. The molecule has 130 valence electrons. The summed E-state index contributed by atoms with van der Waals surface area (Å²) >= 11 is 0. The van der Waals surface area contributed by atoms with Crippen molar-refractivity contribution < 1.29 is 0 Å². The smallest absolute Gasteiger partial charge is 0.0596 e. The van der Waals surface area contributed by atoms with Crippen LogP contribution in [0.2, 0.25) is 0 Å². The molecule has 3 rings (SSSR count). The zero-order chi connectivity index (χ0) is 16.2. The first kappa shape index (κ1) is 17.0. The van der Waals surface area contributed by atoms with Crippen molar-refractivity contribution >= 4 is 0 Å². The molecule has 4 nitrogen and oxygen atoms in total. The molecular formula is C19H34N4. The van der Waals surface area contributed by atoms with E-state index in [2.05, 4.69) is 46.8 Å². The molecule has 0 amide bonds. The lowest BCUT2D eigenvalue weighted by Gasteiger charge is -2.36. The summed E-state index contributed by atoms with van der Waals surface area (Å²) in [5.74, 6) is 0.857. The second-order valence-electron chi connectivity index (χ2n) is 7.84. The van der Waals surface area contributed by atoms with E-state index in [-0.39, 0.29) is 0 Å². The van der Waals surface area contributed by atoms with E-state index in [4.69, 9.17) is 0 Å². The number of likely N-dealkylation sites (tertiary alicyclic amines) is 1. The highest BCUT2D eigenvalue weighted by molar-refractivity contribution is 5.06. The summed E-state index contributed by atoms with van der Waals surface area (Å²) in [7, 11) is 0. The molecule has 2 aliphatic rings. The van der Waals surface area contributed by atoms with Crippen LogP contribution in [0.1, 0.15) is 56.8 Å². The van der Waals surface area contributed by atoms with Gasteiger partial charge in [0.25, 0.3) is 0 Å². The van der Waals surface area contributed by atoms with E-state index in [1.165, 1.54) is 63.9 Å². The van der Waals surface area contributed by atoms with E-state index in [0.29, 0.717) is 6.04 Å². The van der Waals surface area contributed by atoms with Crippen molar-refractivity contribution in [2.75, 3.05) is 19.6 Å². The van der Waals surface area contributed by atoms with Gasteiger partial charge >= 0.3 is 0 Å².